The molecular formula is C13H14ClN3O. The molecule has 1 aromatic heterocycles. The first-order valence-corrected chi connectivity index (χ1v) is 6.60. The first-order valence-electron chi connectivity index (χ1n) is 6.07. The number of halogens is 1. The van der Waals surface area contributed by atoms with E-state index in [4.69, 9.17) is 16.0 Å². The van der Waals surface area contributed by atoms with Crippen molar-refractivity contribution in [2.24, 2.45) is 0 Å². The van der Waals surface area contributed by atoms with Gasteiger partial charge in [-0.05, 0) is 24.0 Å². The Morgan fingerprint density at radius 2 is 1.94 bits per heavy atom. The van der Waals surface area contributed by atoms with Crippen molar-refractivity contribution in [3.8, 4) is 0 Å². The number of aromatic nitrogens is 2. The van der Waals surface area contributed by atoms with E-state index >= 15 is 0 Å². The number of nitrogens with one attached hydrogen (secondary N) is 1. The van der Waals surface area contributed by atoms with Crippen LogP contribution < -0.4 is 5.32 Å². The Balaban J connectivity index is 1.65. The van der Waals surface area contributed by atoms with E-state index in [1.807, 2.05) is 0 Å². The fourth-order valence-electron chi connectivity index (χ4n) is 2.33. The molecule has 0 saturated carbocycles. The maximum Gasteiger partial charge on any atom is 0.315 e. The SMILES string of the molecule is ClCCc1nnc(NC2Cc3ccccc3C2)o1. The van der Waals surface area contributed by atoms with E-state index in [9.17, 15) is 0 Å². The molecule has 5 heteroatoms. The molecule has 0 unspecified atom stereocenters. The molecule has 0 amide bonds. The van der Waals surface area contributed by atoms with Crippen LogP contribution in [0.1, 0.15) is 17.0 Å². The molecule has 18 heavy (non-hydrogen) atoms. The molecule has 1 heterocycles. The van der Waals surface area contributed by atoms with Crippen LogP contribution in [0.5, 0.6) is 0 Å². The van der Waals surface area contributed by atoms with Crippen molar-refractivity contribution < 1.29 is 4.42 Å². The van der Waals surface area contributed by atoms with Gasteiger partial charge in [-0.3, -0.25) is 0 Å². The first kappa shape index (κ1) is 11.5. The first-order chi connectivity index (χ1) is 8.85. The fraction of sp³-hybridized carbons (Fsp3) is 0.385. The summed E-state index contributed by atoms with van der Waals surface area (Å²) in [5, 5.41) is 11.2. The maximum atomic E-state index is 5.63. The molecule has 2 aromatic rings. The highest BCUT2D eigenvalue weighted by atomic mass is 35.5. The maximum absolute atomic E-state index is 5.63. The van der Waals surface area contributed by atoms with Crippen LogP contribution in [0.2, 0.25) is 0 Å². The van der Waals surface area contributed by atoms with E-state index in [1.165, 1.54) is 11.1 Å². The second-order valence-corrected chi connectivity index (χ2v) is 4.84. The molecule has 3 rings (SSSR count). The molecular weight excluding hydrogens is 250 g/mol. The monoisotopic (exact) mass is 263 g/mol. The van der Waals surface area contributed by atoms with Crippen LogP contribution in [0.3, 0.4) is 0 Å². The highest BCUT2D eigenvalue weighted by molar-refractivity contribution is 6.17. The third-order valence-corrected chi connectivity index (χ3v) is 3.34. The third-order valence-electron chi connectivity index (χ3n) is 3.15. The van der Waals surface area contributed by atoms with Gasteiger partial charge in [0.2, 0.25) is 5.89 Å². The van der Waals surface area contributed by atoms with Crippen molar-refractivity contribution in [1.29, 1.82) is 0 Å². The number of hydrogen-bond donors (Lipinski definition) is 1. The zero-order chi connectivity index (χ0) is 12.4. The van der Waals surface area contributed by atoms with Crippen LogP contribution in [0, 0.1) is 0 Å². The van der Waals surface area contributed by atoms with E-state index in [0.29, 0.717) is 30.2 Å². The lowest BCUT2D eigenvalue weighted by molar-refractivity contribution is 0.505. The van der Waals surface area contributed by atoms with Crippen molar-refractivity contribution in [2.45, 2.75) is 25.3 Å². The van der Waals surface area contributed by atoms with Gasteiger partial charge in [-0.25, -0.2) is 0 Å². The molecule has 0 saturated heterocycles. The zero-order valence-corrected chi connectivity index (χ0v) is 10.7. The highest BCUT2D eigenvalue weighted by Crippen LogP contribution is 2.24. The molecule has 0 radical (unpaired) electrons. The van der Waals surface area contributed by atoms with Gasteiger partial charge in [-0.2, -0.15) is 0 Å². The number of fused-ring (bicyclic) bond motifs is 1. The summed E-state index contributed by atoms with van der Waals surface area (Å²) >= 11 is 5.63. The molecule has 1 N–H and O–H groups in total. The van der Waals surface area contributed by atoms with Crippen LogP contribution in [-0.2, 0) is 19.3 Å². The number of hydrogen-bond acceptors (Lipinski definition) is 4. The Morgan fingerprint density at radius 1 is 1.22 bits per heavy atom. The summed E-state index contributed by atoms with van der Waals surface area (Å²) in [5.41, 5.74) is 2.80. The lowest BCUT2D eigenvalue weighted by Gasteiger charge is -2.08. The zero-order valence-electron chi connectivity index (χ0n) is 9.90. The second kappa shape index (κ2) is 4.98. The molecule has 4 nitrogen and oxygen atoms in total. The number of alkyl halides is 1. The second-order valence-electron chi connectivity index (χ2n) is 4.46. The van der Waals surface area contributed by atoms with Crippen LogP contribution in [0.4, 0.5) is 6.01 Å². The summed E-state index contributed by atoms with van der Waals surface area (Å²) in [7, 11) is 0. The molecule has 94 valence electrons. The molecule has 1 aromatic carbocycles. The molecule has 0 fully saturated rings. The van der Waals surface area contributed by atoms with E-state index in [1.54, 1.807) is 0 Å². The molecule has 0 atom stereocenters. The molecule has 0 aliphatic heterocycles. The minimum Gasteiger partial charge on any atom is -0.408 e. The van der Waals surface area contributed by atoms with Gasteiger partial charge in [-0.15, -0.1) is 16.7 Å². The van der Waals surface area contributed by atoms with Crippen molar-refractivity contribution in [2.75, 3.05) is 11.2 Å². The minimum absolute atomic E-state index is 0.340. The Hall–Kier alpha value is -1.55. The largest absolute Gasteiger partial charge is 0.408 e. The van der Waals surface area contributed by atoms with Gasteiger partial charge < -0.3 is 9.73 Å². The molecule has 0 bridgehead atoms. The summed E-state index contributed by atoms with van der Waals surface area (Å²) in [6.07, 6.45) is 2.62. The summed E-state index contributed by atoms with van der Waals surface area (Å²) < 4.78 is 5.47. The van der Waals surface area contributed by atoms with Crippen molar-refractivity contribution in [3.63, 3.8) is 0 Å². The number of rotatable bonds is 4. The van der Waals surface area contributed by atoms with Gasteiger partial charge in [0.05, 0.1) is 0 Å². The van der Waals surface area contributed by atoms with Gasteiger partial charge >= 0.3 is 6.01 Å². The topological polar surface area (TPSA) is 51.0 Å². The van der Waals surface area contributed by atoms with E-state index in [0.717, 1.165) is 12.8 Å². The number of benzene rings is 1. The molecule has 1 aliphatic rings. The van der Waals surface area contributed by atoms with Crippen LogP contribution in [0.25, 0.3) is 0 Å². The lowest BCUT2D eigenvalue weighted by Crippen LogP contribution is -2.19. The van der Waals surface area contributed by atoms with E-state index < -0.39 is 0 Å². The third kappa shape index (κ3) is 2.34. The smallest absolute Gasteiger partial charge is 0.315 e. The van der Waals surface area contributed by atoms with Crippen molar-refractivity contribution in [1.82, 2.24) is 10.2 Å². The van der Waals surface area contributed by atoms with Gasteiger partial charge in [-0.1, -0.05) is 29.4 Å². The number of aryl methyl sites for hydroxylation is 1. The average molecular weight is 264 g/mol. The van der Waals surface area contributed by atoms with E-state index in [-0.39, 0.29) is 0 Å². The van der Waals surface area contributed by atoms with Crippen molar-refractivity contribution >= 4 is 17.6 Å². The van der Waals surface area contributed by atoms with Gasteiger partial charge in [0.15, 0.2) is 0 Å². The highest BCUT2D eigenvalue weighted by Gasteiger charge is 2.22. The lowest BCUT2D eigenvalue weighted by atomic mass is 10.1. The predicted octanol–water partition coefficient (Wildman–Crippen LogP) is 2.43. The number of anilines is 1. The summed E-state index contributed by atoms with van der Waals surface area (Å²) in [6.45, 7) is 0. The van der Waals surface area contributed by atoms with Gasteiger partial charge in [0.25, 0.3) is 0 Å². The minimum atomic E-state index is 0.340. The number of nitrogens with zero attached hydrogens (tertiary/aromatic N) is 2. The normalized spacial score (nSPS) is 14.7. The van der Waals surface area contributed by atoms with Crippen LogP contribution >= 0.6 is 11.6 Å². The van der Waals surface area contributed by atoms with Crippen LogP contribution in [-0.4, -0.2) is 22.1 Å². The summed E-state index contributed by atoms with van der Waals surface area (Å²) in [4.78, 5) is 0. The Bertz CT molecular complexity index is 516. The van der Waals surface area contributed by atoms with Gasteiger partial charge in [0.1, 0.15) is 0 Å². The Kier molecular flexibility index (Phi) is 3.19. The molecule has 0 spiro atoms. The van der Waals surface area contributed by atoms with Crippen LogP contribution in [0.15, 0.2) is 28.7 Å². The Morgan fingerprint density at radius 3 is 2.61 bits per heavy atom. The quantitative estimate of drug-likeness (QED) is 0.861. The fourth-order valence-corrected chi connectivity index (χ4v) is 2.49. The molecule has 1 aliphatic carbocycles. The summed E-state index contributed by atoms with van der Waals surface area (Å²) in [6, 6.07) is 9.33. The van der Waals surface area contributed by atoms with E-state index in [2.05, 4.69) is 39.8 Å². The average Bonchev–Trinajstić information content (AvgIpc) is 2.96. The Labute approximate surface area is 110 Å². The predicted molar refractivity (Wildman–Crippen MR) is 70.0 cm³/mol. The summed E-state index contributed by atoms with van der Waals surface area (Å²) in [5.74, 6) is 1.08. The van der Waals surface area contributed by atoms with Crippen molar-refractivity contribution in [3.05, 3.63) is 41.3 Å². The van der Waals surface area contributed by atoms with Gasteiger partial charge in [0, 0.05) is 18.3 Å². The standard InChI is InChI=1S/C13H14ClN3O/c14-6-5-12-16-17-13(18-12)15-11-7-9-3-1-2-4-10(9)8-11/h1-4,11H,5-8H2,(H,15,17).